The first kappa shape index (κ1) is 14.2. The van der Waals surface area contributed by atoms with Gasteiger partial charge in [-0.3, -0.25) is 4.79 Å². The highest BCUT2D eigenvalue weighted by Gasteiger charge is 1.85. The summed E-state index contributed by atoms with van der Waals surface area (Å²) in [5, 5.41) is 2.62. The van der Waals surface area contributed by atoms with Crippen LogP contribution >= 0.6 is 0 Å². The molecule has 0 N–H and O–H groups in total. The molecule has 2 rings (SSSR count). The van der Waals surface area contributed by atoms with Gasteiger partial charge in [0.05, 0.1) is 7.11 Å². The summed E-state index contributed by atoms with van der Waals surface area (Å²) in [6.07, 6.45) is 0. The van der Waals surface area contributed by atoms with E-state index in [0.29, 0.717) is 0 Å². The van der Waals surface area contributed by atoms with Crippen molar-refractivity contribution in [1.82, 2.24) is 0 Å². The molecule has 2 aromatic rings. The summed E-state index contributed by atoms with van der Waals surface area (Å²) in [5.74, 6) is -0.245. The minimum Gasteiger partial charge on any atom is -0.469 e. The Morgan fingerprint density at radius 3 is 1.38 bits per heavy atom. The predicted molar refractivity (Wildman–Crippen MR) is 68.4 cm³/mol. The lowest BCUT2D eigenvalue weighted by atomic mass is 10.1. The van der Waals surface area contributed by atoms with E-state index in [1.165, 1.54) is 24.8 Å². The fraction of sp³-hybridized carbons (Fsp3) is 0.214. The molecule has 2 heteroatoms. The maximum atomic E-state index is 9.59. The van der Waals surface area contributed by atoms with Gasteiger partial charge in [0.1, 0.15) is 0 Å². The van der Waals surface area contributed by atoms with Crippen LogP contribution in [0.4, 0.5) is 0 Å². The van der Waals surface area contributed by atoms with Crippen LogP contribution in [-0.4, -0.2) is 13.1 Å². The summed E-state index contributed by atoms with van der Waals surface area (Å²) < 4.78 is 4.11. The average molecular weight is 218 g/mol. The third kappa shape index (κ3) is 4.60. The van der Waals surface area contributed by atoms with Crippen molar-refractivity contribution >= 4 is 16.7 Å². The topological polar surface area (TPSA) is 26.3 Å². The van der Waals surface area contributed by atoms with Gasteiger partial charge in [0.2, 0.25) is 0 Å². The first-order valence-corrected chi connectivity index (χ1v) is 4.72. The number of carbonyl (C=O) groups is 1. The molecule has 0 saturated carbocycles. The molecule has 0 aliphatic rings. The van der Waals surface area contributed by atoms with Crippen molar-refractivity contribution in [2.24, 2.45) is 0 Å². The summed E-state index contributed by atoms with van der Waals surface area (Å²) in [5.41, 5.74) is 0. The fourth-order valence-electron chi connectivity index (χ4n) is 1.13. The van der Waals surface area contributed by atoms with Crippen molar-refractivity contribution < 1.29 is 9.53 Å². The number of rotatable bonds is 0. The van der Waals surface area contributed by atoms with E-state index in [1.54, 1.807) is 0 Å². The van der Waals surface area contributed by atoms with E-state index in [4.69, 9.17) is 0 Å². The van der Waals surface area contributed by atoms with E-state index in [9.17, 15) is 4.79 Å². The molecule has 0 radical (unpaired) electrons. The van der Waals surface area contributed by atoms with Crippen molar-refractivity contribution in [1.29, 1.82) is 0 Å². The van der Waals surface area contributed by atoms with Crippen LogP contribution in [-0.2, 0) is 9.53 Å². The zero-order chi connectivity index (χ0) is 11.1. The number of hydrogen-bond donors (Lipinski definition) is 0. The fourth-order valence-corrected chi connectivity index (χ4v) is 1.13. The molecule has 0 unspecified atom stereocenters. The van der Waals surface area contributed by atoms with Gasteiger partial charge in [0.25, 0.3) is 0 Å². The molecule has 0 fully saturated rings. The van der Waals surface area contributed by atoms with Gasteiger partial charge < -0.3 is 4.74 Å². The Kier molecular flexibility index (Phi) is 6.61. The van der Waals surface area contributed by atoms with Crippen LogP contribution in [0.15, 0.2) is 48.5 Å². The second kappa shape index (κ2) is 7.46. The largest absolute Gasteiger partial charge is 0.469 e. The predicted octanol–water partition coefficient (Wildman–Crippen LogP) is 3.66. The van der Waals surface area contributed by atoms with Crippen molar-refractivity contribution in [3.8, 4) is 0 Å². The lowest BCUT2D eigenvalue weighted by Gasteiger charge is -1.92. The van der Waals surface area contributed by atoms with Gasteiger partial charge in [-0.05, 0) is 10.8 Å². The molecule has 0 heterocycles. The second-order valence-electron chi connectivity index (χ2n) is 3.04. The zero-order valence-corrected chi connectivity index (χ0v) is 8.94. The molecule has 2 aromatic carbocycles. The molecule has 0 atom stereocenters. The molecule has 86 valence electrons. The number of esters is 1. The van der Waals surface area contributed by atoms with E-state index in [2.05, 4.69) is 53.3 Å². The lowest BCUT2D eigenvalue weighted by molar-refractivity contribution is -0.137. The third-order valence-corrected chi connectivity index (χ3v) is 1.95. The van der Waals surface area contributed by atoms with Gasteiger partial charge in [-0.25, -0.2) is 0 Å². The number of benzene rings is 2. The van der Waals surface area contributed by atoms with Crippen LogP contribution in [0.5, 0.6) is 0 Å². The summed E-state index contributed by atoms with van der Waals surface area (Å²) in [4.78, 5) is 9.59. The molecule has 0 amide bonds. The number of hydrogen-bond acceptors (Lipinski definition) is 2. The molecule has 0 aliphatic carbocycles. The van der Waals surface area contributed by atoms with Crippen molar-refractivity contribution in [2.75, 3.05) is 7.11 Å². The van der Waals surface area contributed by atoms with Crippen molar-refractivity contribution in [3.05, 3.63) is 48.5 Å². The summed E-state index contributed by atoms with van der Waals surface area (Å²) in [7, 11) is 1.35. The maximum Gasteiger partial charge on any atom is 0.302 e. The Morgan fingerprint density at radius 1 is 0.938 bits per heavy atom. The monoisotopic (exact) mass is 218 g/mol. The number of fused-ring (bicyclic) bond motifs is 1. The van der Waals surface area contributed by atoms with E-state index in [-0.39, 0.29) is 13.4 Å². The first-order chi connectivity index (χ1) is 7.24. The van der Waals surface area contributed by atoms with Gasteiger partial charge in [0.15, 0.2) is 0 Å². The van der Waals surface area contributed by atoms with Gasteiger partial charge in [0, 0.05) is 6.92 Å². The number of carbonyl (C=O) groups excluding carboxylic acids is 1. The van der Waals surface area contributed by atoms with Crippen LogP contribution in [0, 0.1) is 0 Å². The number of methoxy groups -OCH3 is 1. The van der Waals surface area contributed by atoms with Crippen LogP contribution in [0.25, 0.3) is 10.8 Å². The molecule has 0 spiro atoms. The van der Waals surface area contributed by atoms with Crippen molar-refractivity contribution in [2.45, 2.75) is 14.4 Å². The molecule has 0 aromatic heterocycles. The molecule has 2 nitrogen and oxygen atoms in total. The molecule has 0 bridgehead atoms. The van der Waals surface area contributed by atoms with E-state index >= 15 is 0 Å². The minimum atomic E-state index is -0.245. The average Bonchev–Trinajstić information content (AvgIpc) is 2.30. The van der Waals surface area contributed by atoms with Crippen LogP contribution in [0.1, 0.15) is 14.4 Å². The van der Waals surface area contributed by atoms with Crippen LogP contribution in [0.2, 0.25) is 0 Å². The van der Waals surface area contributed by atoms with E-state index < -0.39 is 0 Å². The highest BCUT2D eigenvalue weighted by molar-refractivity contribution is 5.81. The summed E-state index contributed by atoms with van der Waals surface area (Å²) in [6.45, 7) is 1.36. The quantitative estimate of drug-likeness (QED) is 0.631. The maximum absolute atomic E-state index is 9.59. The molecular formula is C14H18O2. The number of ether oxygens (including phenoxy) is 1. The molecule has 0 saturated heterocycles. The highest BCUT2D eigenvalue weighted by Crippen LogP contribution is 2.11. The summed E-state index contributed by atoms with van der Waals surface area (Å²) in [6, 6.07) is 16.7. The SMILES string of the molecule is C.COC(C)=O.c1ccc2ccccc2c1. The Balaban J connectivity index is 0.000000330. The van der Waals surface area contributed by atoms with Gasteiger partial charge in [-0.15, -0.1) is 0 Å². The summed E-state index contributed by atoms with van der Waals surface area (Å²) >= 11 is 0. The van der Waals surface area contributed by atoms with E-state index in [1.807, 2.05) is 0 Å². The van der Waals surface area contributed by atoms with Crippen LogP contribution < -0.4 is 0 Å². The lowest BCUT2D eigenvalue weighted by Crippen LogP contribution is -1.88. The van der Waals surface area contributed by atoms with Gasteiger partial charge in [-0.2, -0.15) is 0 Å². The molecule has 0 aliphatic heterocycles. The van der Waals surface area contributed by atoms with Crippen molar-refractivity contribution in [3.63, 3.8) is 0 Å². The smallest absolute Gasteiger partial charge is 0.302 e. The second-order valence-corrected chi connectivity index (χ2v) is 3.04. The van der Waals surface area contributed by atoms with Gasteiger partial charge in [-0.1, -0.05) is 56.0 Å². The Morgan fingerprint density at radius 2 is 1.19 bits per heavy atom. The highest BCUT2D eigenvalue weighted by atomic mass is 16.5. The minimum absolute atomic E-state index is 0. The first-order valence-electron chi connectivity index (χ1n) is 4.72. The molecule has 16 heavy (non-hydrogen) atoms. The van der Waals surface area contributed by atoms with Crippen LogP contribution in [0.3, 0.4) is 0 Å². The van der Waals surface area contributed by atoms with E-state index in [0.717, 1.165) is 0 Å². The Hall–Kier alpha value is -1.83. The Bertz CT molecular complexity index is 370. The zero-order valence-electron chi connectivity index (χ0n) is 8.94. The Labute approximate surface area is 96.9 Å². The van der Waals surface area contributed by atoms with Gasteiger partial charge >= 0.3 is 5.97 Å². The standard InChI is InChI=1S/C10H8.C3H6O2.CH4/c1-2-6-10-8-4-3-7-9(10)5-1;1-3(4)5-2;/h1-8H;1-2H3;1H4. The third-order valence-electron chi connectivity index (χ3n) is 1.95. The molecular weight excluding hydrogens is 200 g/mol. The normalized spacial score (nSPS) is 8.38.